The SMILES string of the molecule is [CH2]C(C)CCC(C)C([CH2])C. The minimum atomic E-state index is 0.582. The fraction of sp³-hybridized carbons (Fsp3) is 0.800. The average Bonchev–Trinajstić information content (AvgIpc) is 1.82. The van der Waals surface area contributed by atoms with Gasteiger partial charge in [-0.3, -0.25) is 0 Å². The van der Waals surface area contributed by atoms with Crippen LogP contribution < -0.4 is 0 Å². The lowest BCUT2D eigenvalue weighted by atomic mass is 9.91. The molecule has 3 unspecified atom stereocenters. The smallest absolute Gasteiger partial charge is 0.0417 e. The zero-order valence-corrected chi connectivity index (χ0v) is 7.56. The first-order chi connectivity index (χ1) is 4.54. The first-order valence-corrected chi connectivity index (χ1v) is 4.20. The van der Waals surface area contributed by atoms with Gasteiger partial charge in [0.15, 0.2) is 0 Å². The summed E-state index contributed by atoms with van der Waals surface area (Å²) in [6.07, 6.45) is 2.51. The van der Waals surface area contributed by atoms with E-state index in [-0.39, 0.29) is 0 Å². The zero-order chi connectivity index (χ0) is 8.15. The van der Waals surface area contributed by atoms with Gasteiger partial charge in [0.1, 0.15) is 0 Å². The molecule has 0 spiro atoms. The van der Waals surface area contributed by atoms with Gasteiger partial charge in [0, 0.05) is 0 Å². The van der Waals surface area contributed by atoms with Crippen LogP contribution >= 0.6 is 0 Å². The van der Waals surface area contributed by atoms with Crippen molar-refractivity contribution in [2.75, 3.05) is 0 Å². The van der Waals surface area contributed by atoms with E-state index in [1.54, 1.807) is 0 Å². The molecule has 0 aliphatic heterocycles. The van der Waals surface area contributed by atoms with E-state index in [9.17, 15) is 0 Å². The third-order valence-corrected chi connectivity index (χ3v) is 2.09. The van der Waals surface area contributed by atoms with Crippen molar-refractivity contribution in [1.82, 2.24) is 0 Å². The fourth-order valence-electron chi connectivity index (χ4n) is 0.832. The van der Waals surface area contributed by atoms with Crippen LogP contribution in [-0.2, 0) is 0 Å². The quantitative estimate of drug-likeness (QED) is 0.562. The Morgan fingerprint density at radius 1 is 1.00 bits per heavy atom. The van der Waals surface area contributed by atoms with Crippen LogP contribution in [0.4, 0.5) is 0 Å². The van der Waals surface area contributed by atoms with E-state index in [0.717, 1.165) is 5.92 Å². The minimum absolute atomic E-state index is 0.582. The molecule has 0 rings (SSSR count). The Kier molecular flexibility index (Phi) is 4.76. The molecule has 0 saturated carbocycles. The van der Waals surface area contributed by atoms with E-state index in [4.69, 9.17) is 0 Å². The Morgan fingerprint density at radius 3 is 1.80 bits per heavy atom. The molecule has 0 heteroatoms. The molecule has 3 atom stereocenters. The highest BCUT2D eigenvalue weighted by Crippen LogP contribution is 2.18. The lowest BCUT2D eigenvalue weighted by molar-refractivity contribution is 0.392. The third kappa shape index (κ3) is 4.84. The third-order valence-electron chi connectivity index (χ3n) is 2.09. The normalized spacial score (nSPS) is 14.7. The summed E-state index contributed by atoms with van der Waals surface area (Å²) < 4.78 is 0. The molecule has 10 heavy (non-hydrogen) atoms. The topological polar surface area (TPSA) is 0 Å². The number of rotatable bonds is 4. The van der Waals surface area contributed by atoms with Crippen LogP contribution in [0.25, 0.3) is 0 Å². The second-order valence-electron chi connectivity index (χ2n) is 3.64. The largest absolute Gasteiger partial charge is 0.0625 e. The van der Waals surface area contributed by atoms with Crippen LogP contribution in [0.1, 0.15) is 33.6 Å². The van der Waals surface area contributed by atoms with Crippen molar-refractivity contribution >= 4 is 0 Å². The van der Waals surface area contributed by atoms with Crippen molar-refractivity contribution in [3.05, 3.63) is 13.8 Å². The predicted octanol–water partition coefficient (Wildman–Crippen LogP) is 3.34. The van der Waals surface area contributed by atoms with Gasteiger partial charge in [-0.25, -0.2) is 0 Å². The van der Waals surface area contributed by atoms with Crippen LogP contribution in [-0.4, -0.2) is 0 Å². The molecule has 0 amide bonds. The molecule has 0 bridgehead atoms. The Labute approximate surface area is 66.0 Å². The molecule has 0 aliphatic carbocycles. The summed E-state index contributed by atoms with van der Waals surface area (Å²) in [5.41, 5.74) is 0. The van der Waals surface area contributed by atoms with E-state index >= 15 is 0 Å². The van der Waals surface area contributed by atoms with Gasteiger partial charge in [-0.1, -0.05) is 47.5 Å². The number of hydrogen-bond donors (Lipinski definition) is 0. The lowest BCUT2D eigenvalue weighted by Crippen LogP contribution is -2.05. The second kappa shape index (κ2) is 4.76. The van der Waals surface area contributed by atoms with Crippen molar-refractivity contribution in [2.45, 2.75) is 33.6 Å². The van der Waals surface area contributed by atoms with Gasteiger partial charge < -0.3 is 0 Å². The van der Waals surface area contributed by atoms with Gasteiger partial charge in [-0.2, -0.15) is 0 Å². The number of hydrogen-bond acceptors (Lipinski definition) is 0. The van der Waals surface area contributed by atoms with Gasteiger partial charge in [-0.05, 0) is 17.8 Å². The molecule has 0 aliphatic rings. The van der Waals surface area contributed by atoms with Crippen LogP contribution in [0.2, 0.25) is 0 Å². The average molecular weight is 140 g/mol. The van der Waals surface area contributed by atoms with Crippen LogP contribution in [0.3, 0.4) is 0 Å². The van der Waals surface area contributed by atoms with Crippen molar-refractivity contribution < 1.29 is 0 Å². The summed E-state index contributed by atoms with van der Waals surface area (Å²) in [5, 5.41) is 0. The van der Waals surface area contributed by atoms with E-state index in [0.29, 0.717) is 11.8 Å². The molecule has 0 saturated heterocycles. The van der Waals surface area contributed by atoms with E-state index < -0.39 is 0 Å². The van der Waals surface area contributed by atoms with Gasteiger partial charge >= 0.3 is 0 Å². The van der Waals surface area contributed by atoms with E-state index in [1.807, 2.05) is 0 Å². The van der Waals surface area contributed by atoms with E-state index in [1.165, 1.54) is 12.8 Å². The van der Waals surface area contributed by atoms with Gasteiger partial charge in [0.2, 0.25) is 0 Å². The second-order valence-corrected chi connectivity index (χ2v) is 3.64. The van der Waals surface area contributed by atoms with Crippen molar-refractivity contribution in [1.29, 1.82) is 0 Å². The molecule has 0 aromatic rings. The van der Waals surface area contributed by atoms with Gasteiger partial charge in [0.05, 0.1) is 0 Å². The molecular weight excluding hydrogens is 120 g/mol. The summed E-state index contributed by atoms with van der Waals surface area (Å²) in [6.45, 7) is 14.6. The van der Waals surface area contributed by atoms with Crippen molar-refractivity contribution in [3.63, 3.8) is 0 Å². The Bertz CT molecular complexity index is 72.1. The predicted molar refractivity (Wildman–Crippen MR) is 47.4 cm³/mol. The molecule has 0 N–H and O–H groups in total. The molecule has 0 nitrogen and oxygen atoms in total. The van der Waals surface area contributed by atoms with Crippen molar-refractivity contribution in [2.24, 2.45) is 17.8 Å². The Balaban J connectivity index is 3.30. The van der Waals surface area contributed by atoms with Crippen LogP contribution in [0.15, 0.2) is 0 Å². The summed E-state index contributed by atoms with van der Waals surface area (Å²) in [7, 11) is 0. The first kappa shape index (κ1) is 10.0. The fourth-order valence-corrected chi connectivity index (χ4v) is 0.832. The highest BCUT2D eigenvalue weighted by molar-refractivity contribution is 4.65. The van der Waals surface area contributed by atoms with Crippen LogP contribution in [0.5, 0.6) is 0 Å². The molecule has 2 radical (unpaired) electrons. The highest BCUT2D eigenvalue weighted by Gasteiger charge is 2.06. The maximum atomic E-state index is 4.00. The van der Waals surface area contributed by atoms with Crippen molar-refractivity contribution in [3.8, 4) is 0 Å². The highest BCUT2D eigenvalue weighted by atomic mass is 14.1. The summed E-state index contributed by atoms with van der Waals surface area (Å²) >= 11 is 0. The van der Waals surface area contributed by atoms with Crippen LogP contribution in [0, 0.1) is 31.6 Å². The standard InChI is InChI=1S/C10H20/c1-8(2)6-7-10(5)9(3)4/h8-10H,1,3,6-7H2,2,4-5H3. The van der Waals surface area contributed by atoms with Gasteiger partial charge in [0.25, 0.3) is 0 Å². The summed E-state index contributed by atoms with van der Waals surface area (Å²) in [4.78, 5) is 0. The Morgan fingerprint density at radius 2 is 1.50 bits per heavy atom. The molecule has 0 aromatic carbocycles. The Hall–Kier alpha value is 0. The lowest BCUT2D eigenvalue weighted by Gasteiger charge is -2.15. The van der Waals surface area contributed by atoms with E-state index in [2.05, 4.69) is 34.6 Å². The molecular formula is C10H20. The maximum Gasteiger partial charge on any atom is -0.0417 e. The minimum Gasteiger partial charge on any atom is -0.0625 e. The summed E-state index contributed by atoms with van der Waals surface area (Å²) in [5.74, 6) is 1.93. The molecule has 0 fully saturated rings. The summed E-state index contributed by atoms with van der Waals surface area (Å²) in [6, 6.07) is 0. The monoisotopic (exact) mass is 140 g/mol. The zero-order valence-electron chi connectivity index (χ0n) is 7.56. The first-order valence-electron chi connectivity index (χ1n) is 4.20. The molecule has 60 valence electrons. The molecule has 0 heterocycles. The maximum absolute atomic E-state index is 4.00. The molecule has 0 aromatic heterocycles. The van der Waals surface area contributed by atoms with Gasteiger partial charge in [-0.15, -0.1) is 0 Å².